The third kappa shape index (κ3) is 3.65. The fourth-order valence-corrected chi connectivity index (χ4v) is 3.08. The Morgan fingerprint density at radius 3 is 2.56 bits per heavy atom. The van der Waals surface area contributed by atoms with Crippen LogP contribution in [0.4, 0.5) is 0 Å². The Labute approximate surface area is 157 Å². The first-order valence-corrected chi connectivity index (χ1v) is 8.87. The molecule has 27 heavy (non-hydrogen) atoms. The normalized spacial score (nSPS) is 11.0. The van der Waals surface area contributed by atoms with Gasteiger partial charge in [0.2, 0.25) is 0 Å². The van der Waals surface area contributed by atoms with Gasteiger partial charge < -0.3 is 13.6 Å². The highest BCUT2D eigenvalue weighted by Crippen LogP contribution is 2.24. The molecule has 4 nitrogen and oxygen atoms in total. The lowest BCUT2D eigenvalue weighted by atomic mass is 10.1. The van der Waals surface area contributed by atoms with E-state index in [9.17, 15) is 4.79 Å². The van der Waals surface area contributed by atoms with Gasteiger partial charge in [-0.05, 0) is 43.2 Å². The molecular formula is C23H20O4. The third-order valence-corrected chi connectivity index (χ3v) is 4.76. The minimum atomic E-state index is -0.308. The zero-order valence-electron chi connectivity index (χ0n) is 15.3. The van der Waals surface area contributed by atoms with E-state index in [2.05, 4.69) is 12.1 Å². The Bertz CT molecular complexity index is 1140. The fraction of sp³-hybridized carbons (Fsp3) is 0.174. The highest BCUT2D eigenvalue weighted by atomic mass is 16.5. The highest BCUT2D eigenvalue weighted by Gasteiger charge is 2.09. The Balaban J connectivity index is 1.47. The van der Waals surface area contributed by atoms with Crippen LogP contribution in [0.25, 0.3) is 11.0 Å². The monoisotopic (exact) mass is 360 g/mol. The van der Waals surface area contributed by atoms with Crippen LogP contribution in [0, 0.1) is 13.8 Å². The van der Waals surface area contributed by atoms with Gasteiger partial charge in [-0.25, -0.2) is 4.79 Å². The van der Waals surface area contributed by atoms with Crippen LogP contribution >= 0.6 is 0 Å². The Kier molecular flexibility index (Phi) is 4.55. The molecule has 0 bridgehead atoms. The lowest BCUT2D eigenvalue weighted by Gasteiger charge is -2.07. The van der Waals surface area contributed by atoms with Crippen molar-refractivity contribution < 1.29 is 13.6 Å². The van der Waals surface area contributed by atoms with E-state index in [-0.39, 0.29) is 5.63 Å². The number of rotatable bonds is 5. The maximum absolute atomic E-state index is 11.9. The molecule has 2 aromatic heterocycles. The van der Waals surface area contributed by atoms with Crippen LogP contribution in [-0.2, 0) is 13.0 Å². The summed E-state index contributed by atoms with van der Waals surface area (Å²) in [5.74, 6) is 1.55. The molecule has 0 unspecified atom stereocenters. The van der Waals surface area contributed by atoms with Gasteiger partial charge in [-0.15, -0.1) is 0 Å². The Morgan fingerprint density at radius 1 is 0.926 bits per heavy atom. The summed E-state index contributed by atoms with van der Waals surface area (Å²) in [6.07, 6.45) is 2.47. The summed E-state index contributed by atoms with van der Waals surface area (Å²) < 4.78 is 16.9. The van der Waals surface area contributed by atoms with Gasteiger partial charge in [0.15, 0.2) is 0 Å². The first kappa shape index (κ1) is 17.2. The summed E-state index contributed by atoms with van der Waals surface area (Å²) >= 11 is 0. The summed E-state index contributed by atoms with van der Waals surface area (Å²) in [5, 5.41) is 0.924. The smallest absolute Gasteiger partial charge is 0.339 e. The Morgan fingerprint density at radius 2 is 1.74 bits per heavy atom. The molecule has 0 radical (unpaired) electrons. The molecule has 0 fully saturated rings. The molecule has 0 saturated carbocycles. The number of furan rings is 1. The topological polar surface area (TPSA) is 52.6 Å². The van der Waals surface area contributed by atoms with Gasteiger partial charge in [0, 0.05) is 29.0 Å². The van der Waals surface area contributed by atoms with E-state index in [0.717, 1.165) is 28.7 Å². The van der Waals surface area contributed by atoms with Crippen molar-refractivity contribution in [2.45, 2.75) is 26.9 Å². The maximum atomic E-state index is 11.9. The van der Waals surface area contributed by atoms with Crippen molar-refractivity contribution in [3.8, 4) is 5.75 Å². The van der Waals surface area contributed by atoms with Crippen LogP contribution in [0.2, 0.25) is 0 Å². The number of hydrogen-bond acceptors (Lipinski definition) is 4. The van der Waals surface area contributed by atoms with Crippen molar-refractivity contribution in [3.63, 3.8) is 0 Å². The zero-order chi connectivity index (χ0) is 18.8. The van der Waals surface area contributed by atoms with E-state index in [0.29, 0.717) is 23.5 Å². The van der Waals surface area contributed by atoms with Gasteiger partial charge >= 0.3 is 5.63 Å². The van der Waals surface area contributed by atoms with E-state index in [1.165, 1.54) is 5.56 Å². The minimum Gasteiger partial charge on any atom is -0.489 e. The summed E-state index contributed by atoms with van der Waals surface area (Å²) in [4.78, 5) is 11.9. The number of benzene rings is 2. The van der Waals surface area contributed by atoms with E-state index < -0.39 is 0 Å². The number of aryl methyl sites for hydroxylation is 1. The average Bonchev–Trinajstić information content (AvgIpc) is 3.12. The predicted molar refractivity (Wildman–Crippen MR) is 104 cm³/mol. The van der Waals surface area contributed by atoms with Crippen LogP contribution in [0.15, 0.2) is 74.5 Å². The summed E-state index contributed by atoms with van der Waals surface area (Å²) in [7, 11) is 0. The molecule has 4 aromatic rings. The molecule has 0 saturated heterocycles. The van der Waals surface area contributed by atoms with Crippen LogP contribution in [0.3, 0.4) is 0 Å². The first-order valence-electron chi connectivity index (χ1n) is 8.87. The van der Waals surface area contributed by atoms with Gasteiger partial charge in [0.25, 0.3) is 0 Å². The average molecular weight is 360 g/mol. The van der Waals surface area contributed by atoms with Crippen LogP contribution in [0.5, 0.6) is 5.75 Å². The molecular weight excluding hydrogens is 340 g/mol. The molecule has 4 rings (SSSR count). The van der Waals surface area contributed by atoms with E-state index in [1.807, 2.05) is 43.3 Å². The zero-order valence-corrected chi connectivity index (χ0v) is 15.3. The van der Waals surface area contributed by atoms with E-state index in [1.54, 1.807) is 19.3 Å². The van der Waals surface area contributed by atoms with Gasteiger partial charge in [-0.3, -0.25) is 0 Å². The standard InChI is InChI=1S/C23H20O4/c1-15-16(2)23(24)27-22-12-19(8-9-21(15)22)25-13-18-11-20(26-14-18)10-17-6-4-3-5-7-17/h3-9,11-12,14H,10,13H2,1-2H3. The van der Waals surface area contributed by atoms with Crippen molar-refractivity contribution in [2.24, 2.45) is 0 Å². The molecule has 0 aliphatic carbocycles. The van der Waals surface area contributed by atoms with Crippen molar-refractivity contribution in [1.29, 1.82) is 0 Å². The second-order valence-corrected chi connectivity index (χ2v) is 6.67. The lowest BCUT2D eigenvalue weighted by molar-refractivity contribution is 0.304. The molecule has 0 atom stereocenters. The summed E-state index contributed by atoms with van der Waals surface area (Å²) in [6, 6.07) is 17.8. The lowest BCUT2D eigenvalue weighted by Crippen LogP contribution is -2.05. The molecule has 2 heterocycles. The van der Waals surface area contributed by atoms with Crippen LogP contribution in [0.1, 0.15) is 28.0 Å². The first-order chi connectivity index (χ1) is 13.1. The molecule has 136 valence electrons. The number of hydrogen-bond donors (Lipinski definition) is 0. The number of fused-ring (bicyclic) bond motifs is 1. The van der Waals surface area contributed by atoms with Crippen LogP contribution in [-0.4, -0.2) is 0 Å². The molecule has 0 amide bonds. The third-order valence-electron chi connectivity index (χ3n) is 4.76. The highest BCUT2D eigenvalue weighted by molar-refractivity contribution is 5.82. The van der Waals surface area contributed by atoms with Gasteiger partial charge in [0.1, 0.15) is 23.7 Å². The summed E-state index contributed by atoms with van der Waals surface area (Å²) in [5.41, 5.74) is 3.97. The molecule has 0 N–H and O–H groups in total. The van der Waals surface area contributed by atoms with Crippen molar-refractivity contribution in [1.82, 2.24) is 0 Å². The summed E-state index contributed by atoms with van der Waals surface area (Å²) in [6.45, 7) is 4.09. The molecule has 4 heteroatoms. The van der Waals surface area contributed by atoms with Gasteiger partial charge in [0.05, 0.1) is 6.26 Å². The molecule has 0 spiro atoms. The fourth-order valence-electron chi connectivity index (χ4n) is 3.08. The predicted octanol–water partition coefficient (Wildman–Crippen LogP) is 5.17. The quantitative estimate of drug-likeness (QED) is 0.461. The van der Waals surface area contributed by atoms with E-state index >= 15 is 0 Å². The SMILES string of the molecule is Cc1c(C)c2ccc(OCc3coc(Cc4ccccc4)c3)cc2oc1=O. The Hall–Kier alpha value is -3.27. The second-order valence-electron chi connectivity index (χ2n) is 6.67. The molecule has 0 aliphatic heterocycles. The van der Waals surface area contributed by atoms with Crippen molar-refractivity contribution in [2.75, 3.05) is 0 Å². The molecule has 0 aliphatic rings. The van der Waals surface area contributed by atoms with E-state index in [4.69, 9.17) is 13.6 Å². The minimum absolute atomic E-state index is 0.308. The van der Waals surface area contributed by atoms with Crippen molar-refractivity contribution in [3.05, 3.63) is 99.3 Å². The second kappa shape index (κ2) is 7.16. The van der Waals surface area contributed by atoms with Gasteiger partial charge in [-0.1, -0.05) is 30.3 Å². The maximum Gasteiger partial charge on any atom is 0.339 e. The van der Waals surface area contributed by atoms with Gasteiger partial charge in [-0.2, -0.15) is 0 Å². The van der Waals surface area contributed by atoms with Crippen LogP contribution < -0.4 is 10.4 Å². The molecule has 2 aromatic carbocycles. The van der Waals surface area contributed by atoms with Crippen molar-refractivity contribution >= 4 is 11.0 Å². The number of ether oxygens (including phenoxy) is 1. The largest absolute Gasteiger partial charge is 0.489 e.